The molecular weight excluding hydrogens is 350 g/mol. The van der Waals surface area contributed by atoms with E-state index in [-0.39, 0.29) is 11.9 Å². The van der Waals surface area contributed by atoms with Gasteiger partial charge in [-0.1, -0.05) is 12.8 Å². The maximum absolute atomic E-state index is 12.3. The number of amides is 4. The monoisotopic (exact) mass is 373 g/mol. The Morgan fingerprint density at radius 1 is 1.19 bits per heavy atom. The van der Waals surface area contributed by atoms with E-state index in [1.807, 2.05) is 0 Å². The fourth-order valence-electron chi connectivity index (χ4n) is 3.30. The number of carbonyl (C=O) groups excluding carboxylic acids is 4. The summed E-state index contributed by atoms with van der Waals surface area (Å²) in [5, 5.41) is 7.68. The maximum Gasteiger partial charge on any atom is 0.338 e. The Labute approximate surface area is 157 Å². The van der Waals surface area contributed by atoms with Gasteiger partial charge in [0.1, 0.15) is 0 Å². The minimum Gasteiger partial charge on any atom is -0.449 e. The van der Waals surface area contributed by atoms with Gasteiger partial charge in [-0.3, -0.25) is 14.9 Å². The second-order valence-corrected chi connectivity index (χ2v) is 6.91. The van der Waals surface area contributed by atoms with Gasteiger partial charge in [-0.05, 0) is 49.9 Å². The molecule has 0 aromatic heterocycles. The van der Waals surface area contributed by atoms with Crippen LogP contribution in [0.1, 0.15) is 54.9 Å². The largest absolute Gasteiger partial charge is 0.449 e. The topological polar surface area (TPSA) is 114 Å². The summed E-state index contributed by atoms with van der Waals surface area (Å²) >= 11 is 0. The van der Waals surface area contributed by atoms with Crippen molar-refractivity contribution in [3.8, 4) is 0 Å². The molecule has 0 bridgehead atoms. The molecule has 1 unspecified atom stereocenters. The number of carbonyl (C=O) groups is 4. The average molecular weight is 373 g/mol. The third kappa shape index (κ3) is 4.84. The number of hydrogen-bond donors (Lipinski definition) is 3. The summed E-state index contributed by atoms with van der Waals surface area (Å²) < 4.78 is 5.16. The first-order valence-electron chi connectivity index (χ1n) is 9.17. The van der Waals surface area contributed by atoms with E-state index in [1.54, 1.807) is 12.1 Å². The minimum atomic E-state index is -1.11. The number of imide groups is 1. The van der Waals surface area contributed by atoms with Gasteiger partial charge in [0, 0.05) is 18.2 Å². The Kier molecular flexibility index (Phi) is 5.73. The quantitative estimate of drug-likeness (QED) is 0.698. The first kappa shape index (κ1) is 18.9. The molecule has 1 saturated carbocycles. The van der Waals surface area contributed by atoms with Crippen molar-refractivity contribution in [2.45, 2.75) is 57.6 Å². The number of urea groups is 1. The van der Waals surface area contributed by atoms with Crippen LogP contribution in [0.3, 0.4) is 0 Å². The highest BCUT2D eigenvalue weighted by molar-refractivity contribution is 5.99. The van der Waals surface area contributed by atoms with Crippen LogP contribution in [0.2, 0.25) is 0 Å². The second kappa shape index (κ2) is 8.20. The number of ether oxygens (including phenoxy) is 1. The SMILES string of the molecule is CC(OC(=O)c1ccc2c(c1)CCC(=O)N2)C(=O)NC(=O)NC1CCCC1. The minimum absolute atomic E-state index is 0.0565. The highest BCUT2D eigenvalue weighted by atomic mass is 16.5. The Morgan fingerprint density at radius 3 is 2.67 bits per heavy atom. The molecule has 1 aliphatic heterocycles. The number of esters is 1. The molecule has 1 heterocycles. The molecule has 0 saturated heterocycles. The van der Waals surface area contributed by atoms with Crippen molar-refractivity contribution in [2.75, 3.05) is 5.32 Å². The molecule has 27 heavy (non-hydrogen) atoms. The van der Waals surface area contributed by atoms with Crippen LogP contribution in [-0.2, 0) is 20.7 Å². The number of fused-ring (bicyclic) bond motifs is 1. The van der Waals surface area contributed by atoms with E-state index >= 15 is 0 Å². The summed E-state index contributed by atoms with van der Waals surface area (Å²) in [5.74, 6) is -1.39. The van der Waals surface area contributed by atoms with Crippen molar-refractivity contribution in [1.29, 1.82) is 0 Å². The van der Waals surface area contributed by atoms with Crippen LogP contribution in [0.4, 0.5) is 10.5 Å². The van der Waals surface area contributed by atoms with Crippen molar-refractivity contribution >= 4 is 29.5 Å². The lowest BCUT2D eigenvalue weighted by Crippen LogP contribution is -2.47. The van der Waals surface area contributed by atoms with E-state index in [1.165, 1.54) is 13.0 Å². The van der Waals surface area contributed by atoms with Crippen LogP contribution in [0.25, 0.3) is 0 Å². The Bertz CT molecular complexity index is 771. The van der Waals surface area contributed by atoms with Crippen LogP contribution in [0, 0.1) is 0 Å². The van der Waals surface area contributed by atoms with E-state index in [9.17, 15) is 19.2 Å². The first-order chi connectivity index (χ1) is 12.9. The van der Waals surface area contributed by atoms with Gasteiger partial charge in [0.15, 0.2) is 6.10 Å². The zero-order valence-corrected chi connectivity index (χ0v) is 15.2. The number of rotatable bonds is 4. The van der Waals surface area contributed by atoms with Crippen LogP contribution in [-0.4, -0.2) is 36.0 Å². The summed E-state index contributed by atoms with van der Waals surface area (Å²) in [7, 11) is 0. The smallest absolute Gasteiger partial charge is 0.338 e. The van der Waals surface area contributed by atoms with Crippen LogP contribution < -0.4 is 16.0 Å². The molecule has 2 aliphatic rings. The number of anilines is 1. The number of benzene rings is 1. The van der Waals surface area contributed by atoms with Crippen molar-refractivity contribution in [1.82, 2.24) is 10.6 Å². The van der Waals surface area contributed by atoms with Gasteiger partial charge in [-0.2, -0.15) is 0 Å². The fraction of sp³-hybridized carbons (Fsp3) is 0.474. The predicted octanol–water partition coefficient (Wildman–Crippen LogP) is 1.88. The molecule has 144 valence electrons. The van der Waals surface area contributed by atoms with Gasteiger partial charge in [-0.25, -0.2) is 9.59 Å². The van der Waals surface area contributed by atoms with Gasteiger partial charge < -0.3 is 15.4 Å². The van der Waals surface area contributed by atoms with E-state index in [0.29, 0.717) is 24.1 Å². The molecule has 0 spiro atoms. The average Bonchev–Trinajstić information content (AvgIpc) is 3.13. The highest BCUT2D eigenvalue weighted by Gasteiger charge is 2.24. The van der Waals surface area contributed by atoms with Gasteiger partial charge in [0.25, 0.3) is 5.91 Å². The summed E-state index contributed by atoms with van der Waals surface area (Å²) in [6, 6.07) is 4.34. The van der Waals surface area contributed by atoms with Crippen LogP contribution >= 0.6 is 0 Å². The molecule has 8 heteroatoms. The molecule has 1 aromatic carbocycles. The molecule has 0 radical (unpaired) electrons. The van der Waals surface area contributed by atoms with Crippen LogP contribution in [0.15, 0.2) is 18.2 Å². The van der Waals surface area contributed by atoms with Crippen LogP contribution in [0.5, 0.6) is 0 Å². The molecule has 3 rings (SSSR count). The van der Waals surface area contributed by atoms with Gasteiger partial charge in [0.05, 0.1) is 5.56 Å². The third-order valence-corrected chi connectivity index (χ3v) is 4.82. The molecular formula is C19H23N3O5. The van der Waals surface area contributed by atoms with E-state index < -0.39 is 24.0 Å². The number of hydrogen-bond acceptors (Lipinski definition) is 5. The lowest BCUT2D eigenvalue weighted by Gasteiger charge is -2.18. The van der Waals surface area contributed by atoms with E-state index in [0.717, 1.165) is 31.2 Å². The fourth-order valence-corrected chi connectivity index (χ4v) is 3.30. The van der Waals surface area contributed by atoms with Gasteiger partial charge in [-0.15, -0.1) is 0 Å². The second-order valence-electron chi connectivity index (χ2n) is 6.91. The highest BCUT2D eigenvalue weighted by Crippen LogP contribution is 2.24. The molecule has 8 nitrogen and oxygen atoms in total. The summed E-state index contributed by atoms with van der Waals surface area (Å²) in [6.07, 6.45) is 3.74. The summed E-state index contributed by atoms with van der Waals surface area (Å²) in [6.45, 7) is 1.41. The third-order valence-electron chi connectivity index (χ3n) is 4.82. The molecule has 1 aromatic rings. The Hall–Kier alpha value is -2.90. The lowest BCUT2D eigenvalue weighted by atomic mass is 10.0. The molecule has 1 aliphatic carbocycles. The lowest BCUT2D eigenvalue weighted by molar-refractivity contribution is -0.128. The molecule has 3 N–H and O–H groups in total. The van der Waals surface area contributed by atoms with E-state index in [4.69, 9.17) is 4.74 Å². The Balaban J connectivity index is 1.53. The van der Waals surface area contributed by atoms with Gasteiger partial charge in [0.2, 0.25) is 5.91 Å². The van der Waals surface area contributed by atoms with Crippen molar-refractivity contribution in [3.05, 3.63) is 29.3 Å². The van der Waals surface area contributed by atoms with Crippen molar-refractivity contribution < 1.29 is 23.9 Å². The van der Waals surface area contributed by atoms with E-state index in [2.05, 4.69) is 16.0 Å². The Morgan fingerprint density at radius 2 is 1.93 bits per heavy atom. The molecule has 1 fully saturated rings. The summed E-state index contributed by atoms with van der Waals surface area (Å²) in [5.41, 5.74) is 1.81. The molecule has 4 amide bonds. The zero-order chi connectivity index (χ0) is 19.4. The number of aryl methyl sites for hydroxylation is 1. The molecule has 1 atom stereocenters. The first-order valence-corrected chi connectivity index (χ1v) is 9.17. The van der Waals surface area contributed by atoms with Gasteiger partial charge >= 0.3 is 12.0 Å². The van der Waals surface area contributed by atoms with Crippen molar-refractivity contribution in [3.63, 3.8) is 0 Å². The standard InChI is InChI=1S/C19H23N3O5/c1-11(17(24)22-19(26)20-14-4-2-3-5-14)27-18(25)13-6-8-15-12(10-13)7-9-16(23)21-15/h6,8,10-11,14H,2-5,7,9H2,1H3,(H,21,23)(H2,20,22,24,26). The normalized spacial score (nSPS) is 17.4. The predicted molar refractivity (Wildman–Crippen MR) is 97.2 cm³/mol. The maximum atomic E-state index is 12.3. The summed E-state index contributed by atoms with van der Waals surface area (Å²) in [4.78, 5) is 47.6. The van der Waals surface area contributed by atoms with Crippen molar-refractivity contribution in [2.24, 2.45) is 0 Å². The zero-order valence-electron chi connectivity index (χ0n) is 15.2. The number of nitrogens with one attached hydrogen (secondary N) is 3.